The van der Waals surface area contributed by atoms with Crippen molar-refractivity contribution in [2.45, 2.75) is 18.9 Å². The molecule has 13 nitrogen and oxygen atoms in total. The van der Waals surface area contributed by atoms with Crippen LogP contribution in [-0.4, -0.2) is 61.6 Å². The zero-order valence-electron chi connectivity index (χ0n) is 22.9. The number of halogens is 3. The van der Waals surface area contributed by atoms with E-state index in [9.17, 15) is 23.2 Å². The second-order valence-electron chi connectivity index (χ2n) is 9.42. The molecule has 2 atom stereocenters. The standard InChI is InChI=1S/C28H24ClF2N9O4/c1-44-28(43)34-17-7-8-18-21(12-17)37-27(42)19(25(30)31)3-2-4-20(26-32-13-22(18)36-26)35-24(41)10-5-15-11-16(29)6-9-23(15)40-14-33-38-39-40/h2-3,5-14,19-20,25H,4H2,1H3,(H,32,36)(H,34,43)(H,35,41)(H,37,42)/b3-2+,10-5+/t19-,20?/m1/s1. The third-order valence-corrected chi connectivity index (χ3v) is 6.77. The zero-order valence-corrected chi connectivity index (χ0v) is 23.6. The number of aromatic amines is 1. The molecule has 2 bridgehead atoms. The number of hydrogen-bond acceptors (Lipinski definition) is 8. The molecule has 0 spiro atoms. The number of alkyl halides is 2. The van der Waals surface area contributed by atoms with E-state index in [0.29, 0.717) is 33.4 Å². The van der Waals surface area contributed by atoms with Crippen LogP contribution < -0.4 is 16.0 Å². The van der Waals surface area contributed by atoms with Gasteiger partial charge in [-0.2, -0.15) is 4.68 Å². The van der Waals surface area contributed by atoms with Gasteiger partial charge < -0.3 is 20.4 Å². The van der Waals surface area contributed by atoms with Crippen LogP contribution in [0.15, 0.2) is 67.2 Å². The number of amides is 3. The van der Waals surface area contributed by atoms with Crippen molar-refractivity contribution in [1.82, 2.24) is 35.5 Å². The summed E-state index contributed by atoms with van der Waals surface area (Å²) < 4.78 is 33.9. The quantitative estimate of drug-likeness (QED) is 0.179. The fraction of sp³-hybridized carbons (Fsp3) is 0.179. The number of tetrazole rings is 1. The smallest absolute Gasteiger partial charge is 0.411 e. The summed E-state index contributed by atoms with van der Waals surface area (Å²) in [6.07, 6.45) is 4.45. The maximum absolute atomic E-state index is 13.9. The second-order valence-corrected chi connectivity index (χ2v) is 9.86. The maximum Gasteiger partial charge on any atom is 0.411 e. The monoisotopic (exact) mass is 623 g/mol. The highest BCUT2D eigenvalue weighted by Crippen LogP contribution is 2.32. The highest BCUT2D eigenvalue weighted by Gasteiger charge is 2.28. The number of nitrogens with one attached hydrogen (secondary N) is 4. The van der Waals surface area contributed by atoms with Gasteiger partial charge >= 0.3 is 6.09 Å². The van der Waals surface area contributed by atoms with Gasteiger partial charge in [0.15, 0.2) is 0 Å². The van der Waals surface area contributed by atoms with Gasteiger partial charge in [0, 0.05) is 27.9 Å². The highest BCUT2D eigenvalue weighted by molar-refractivity contribution is 6.30. The van der Waals surface area contributed by atoms with E-state index >= 15 is 0 Å². The summed E-state index contributed by atoms with van der Waals surface area (Å²) in [6, 6.07) is 8.73. The molecule has 44 heavy (non-hydrogen) atoms. The van der Waals surface area contributed by atoms with Gasteiger partial charge in [-0.15, -0.1) is 5.10 Å². The number of anilines is 2. The van der Waals surface area contributed by atoms with Crippen molar-refractivity contribution in [2.24, 2.45) is 5.92 Å². The van der Waals surface area contributed by atoms with Crippen LogP contribution in [0.25, 0.3) is 23.0 Å². The van der Waals surface area contributed by atoms with E-state index < -0.39 is 36.3 Å². The number of nitrogens with zero attached hydrogens (tertiary/aromatic N) is 5. The average Bonchev–Trinajstić information content (AvgIpc) is 3.70. The minimum atomic E-state index is -3.01. The molecule has 2 aromatic carbocycles. The summed E-state index contributed by atoms with van der Waals surface area (Å²) in [5.74, 6) is -2.92. The predicted octanol–water partition coefficient (Wildman–Crippen LogP) is 4.53. The Labute approximate surface area is 253 Å². The molecule has 0 radical (unpaired) electrons. The Morgan fingerprint density at radius 1 is 1.23 bits per heavy atom. The normalized spacial score (nSPS) is 17.2. The van der Waals surface area contributed by atoms with Crippen LogP contribution in [0.2, 0.25) is 5.02 Å². The fourth-order valence-electron chi connectivity index (χ4n) is 4.41. The minimum absolute atomic E-state index is 0.0465. The molecule has 4 N–H and O–H groups in total. The highest BCUT2D eigenvalue weighted by atomic mass is 35.5. The number of methoxy groups -OCH3 is 1. The molecule has 0 saturated heterocycles. The summed E-state index contributed by atoms with van der Waals surface area (Å²) in [7, 11) is 1.19. The van der Waals surface area contributed by atoms with E-state index in [1.807, 2.05) is 0 Å². The summed E-state index contributed by atoms with van der Waals surface area (Å²) in [5.41, 5.74) is 2.37. The van der Waals surface area contributed by atoms with Gasteiger partial charge in [0.1, 0.15) is 18.1 Å². The largest absolute Gasteiger partial charge is 0.453 e. The van der Waals surface area contributed by atoms with Crippen molar-refractivity contribution >= 4 is 47.0 Å². The Morgan fingerprint density at radius 3 is 2.82 bits per heavy atom. The average molecular weight is 624 g/mol. The molecular weight excluding hydrogens is 600 g/mol. The molecule has 0 aliphatic carbocycles. The summed E-state index contributed by atoms with van der Waals surface area (Å²) in [6.45, 7) is 0. The van der Waals surface area contributed by atoms with Crippen molar-refractivity contribution in [1.29, 1.82) is 0 Å². The third kappa shape index (κ3) is 6.95. The van der Waals surface area contributed by atoms with E-state index in [0.717, 1.165) is 6.08 Å². The van der Waals surface area contributed by atoms with Crippen LogP contribution >= 0.6 is 11.6 Å². The lowest BCUT2D eigenvalue weighted by Gasteiger charge is -2.18. The van der Waals surface area contributed by atoms with E-state index in [-0.39, 0.29) is 17.8 Å². The van der Waals surface area contributed by atoms with Crippen molar-refractivity contribution in [3.8, 4) is 16.9 Å². The first-order valence-electron chi connectivity index (χ1n) is 13.0. The van der Waals surface area contributed by atoms with Crippen molar-refractivity contribution in [3.05, 3.63) is 83.6 Å². The van der Waals surface area contributed by atoms with Gasteiger partial charge in [0.2, 0.25) is 11.8 Å². The molecule has 1 aliphatic heterocycles. The Morgan fingerprint density at radius 2 is 2.07 bits per heavy atom. The first-order chi connectivity index (χ1) is 21.2. The van der Waals surface area contributed by atoms with E-state index in [1.165, 1.54) is 48.6 Å². The Balaban J connectivity index is 1.45. The number of benzene rings is 2. The second kappa shape index (κ2) is 13.2. The molecule has 3 amide bonds. The van der Waals surface area contributed by atoms with Crippen molar-refractivity contribution in [2.75, 3.05) is 17.7 Å². The molecule has 4 aromatic rings. The lowest BCUT2D eigenvalue weighted by molar-refractivity contribution is -0.122. The Kier molecular flexibility index (Phi) is 9.04. The number of H-pyrrole nitrogens is 1. The maximum atomic E-state index is 13.9. The van der Waals surface area contributed by atoms with Gasteiger partial charge in [-0.1, -0.05) is 23.8 Å². The first kappa shape index (κ1) is 30.0. The molecule has 5 rings (SSSR count). The van der Waals surface area contributed by atoms with Gasteiger partial charge in [0.25, 0.3) is 6.43 Å². The first-order valence-corrected chi connectivity index (χ1v) is 13.4. The van der Waals surface area contributed by atoms with Gasteiger partial charge in [-0.25, -0.2) is 18.6 Å². The van der Waals surface area contributed by atoms with Gasteiger partial charge in [-0.05, 0) is 59.3 Å². The number of carbonyl (C=O) groups is 3. The SMILES string of the molecule is COC(=O)Nc1ccc2c(c1)NC(=O)[C@@H](C(F)F)/C=C/CC(NC(=O)/C=C/c1cc(Cl)ccc1-n1cnnn1)c1ncc-2[nH]1. The third-order valence-electron chi connectivity index (χ3n) is 6.53. The number of aromatic nitrogens is 6. The molecule has 1 unspecified atom stereocenters. The Hall–Kier alpha value is -5.44. The summed E-state index contributed by atoms with van der Waals surface area (Å²) in [4.78, 5) is 45.2. The van der Waals surface area contributed by atoms with Crippen LogP contribution in [0.3, 0.4) is 0 Å². The number of ether oxygens (including phenoxy) is 1. The van der Waals surface area contributed by atoms with Gasteiger partial charge in [-0.3, -0.25) is 14.9 Å². The molecule has 3 heterocycles. The van der Waals surface area contributed by atoms with Crippen LogP contribution in [0, 0.1) is 5.92 Å². The number of rotatable bonds is 6. The van der Waals surface area contributed by atoms with E-state index in [2.05, 4.69) is 46.2 Å². The molecular formula is C28H24ClF2N9O4. The summed E-state index contributed by atoms with van der Waals surface area (Å²) >= 11 is 6.16. The van der Waals surface area contributed by atoms with Crippen molar-refractivity contribution in [3.63, 3.8) is 0 Å². The lowest BCUT2D eigenvalue weighted by atomic mass is 10.0. The van der Waals surface area contributed by atoms with Crippen molar-refractivity contribution < 1.29 is 27.9 Å². The van der Waals surface area contributed by atoms with Crippen LogP contribution in [0.1, 0.15) is 23.9 Å². The van der Waals surface area contributed by atoms with Crippen LogP contribution in [0.5, 0.6) is 0 Å². The van der Waals surface area contributed by atoms with E-state index in [1.54, 1.807) is 30.3 Å². The topological polar surface area (TPSA) is 169 Å². The zero-order chi connectivity index (χ0) is 31.2. The minimum Gasteiger partial charge on any atom is -0.453 e. The number of imidazole rings is 1. The number of hydrogen-bond donors (Lipinski definition) is 4. The number of fused-ring (bicyclic) bond motifs is 4. The molecule has 1 aliphatic rings. The molecule has 0 fully saturated rings. The fourth-order valence-corrected chi connectivity index (χ4v) is 4.59. The predicted molar refractivity (Wildman–Crippen MR) is 156 cm³/mol. The van der Waals surface area contributed by atoms with Crippen LogP contribution in [-0.2, 0) is 14.3 Å². The number of carbonyl (C=O) groups excluding carboxylic acids is 3. The molecule has 0 saturated carbocycles. The van der Waals surface area contributed by atoms with Gasteiger partial charge in [0.05, 0.1) is 36.4 Å². The van der Waals surface area contributed by atoms with E-state index in [4.69, 9.17) is 11.6 Å². The molecule has 226 valence electrons. The molecule has 2 aromatic heterocycles. The molecule has 16 heteroatoms. The Bertz CT molecular complexity index is 1740. The van der Waals surface area contributed by atoms with Crippen LogP contribution in [0.4, 0.5) is 25.0 Å². The summed E-state index contributed by atoms with van der Waals surface area (Å²) in [5, 5.41) is 19.4. The lowest BCUT2D eigenvalue weighted by Crippen LogP contribution is -2.29.